The van der Waals surface area contributed by atoms with Crippen molar-refractivity contribution in [2.24, 2.45) is 5.92 Å². The van der Waals surface area contributed by atoms with Crippen LogP contribution < -0.4 is 10.5 Å². The Morgan fingerprint density at radius 1 is 1.15 bits per heavy atom. The smallest absolute Gasteiger partial charge is 0.267 e. The van der Waals surface area contributed by atoms with Gasteiger partial charge >= 0.3 is 0 Å². The van der Waals surface area contributed by atoms with Gasteiger partial charge in [-0.25, -0.2) is 9.49 Å². The zero-order valence-electron chi connectivity index (χ0n) is 15.1. The van der Waals surface area contributed by atoms with Crippen LogP contribution in [0.15, 0.2) is 23.0 Å². The lowest BCUT2D eigenvalue weighted by atomic mass is 9.90. The number of aromatic nitrogens is 2. The van der Waals surface area contributed by atoms with Crippen LogP contribution in [0.2, 0.25) is 0 Å². The van der Waals surface area contributed by atoms with Gasteiger partial charge in [0.1, 0.15) is 5.82 Å². The van der Waals surface area contributed by atoms with E-state index in [9.17, 15) is 14.0 Å². The summed E-state index contributed by atoms with van der Waals surface area (Å²) in [7, 11) is 0. The number of nitrogens with zero attached hydrogens (tertiary/aromatic N) is 2. The molecule has 6 heteroatoms. The van der Waals surface area contributed by atoms with Crippen molar-refractivity contribution in [2.45, 2.75) is 57.4 Å². The molecule has 2 aromatic rings. The van der Waals surface area contributed by atoms with Crippen molar-refractivity contribution in [1.29, 1.82) is 0 Å². The Hall–Kier alpha value is -2.50. The number of carbonyl (C=O) groups is 1. The van der Waals surface area contributed by atoms with Crippen LogP contribution in [-0.2, 0) is 24.1 Å². The number of benzene rings is 1. The van der Waals surface area contributed by atoms with Crippen LogP contribution in [-0.4, -0.2) is 22.1 Å². The molecule has 1 saturated carbocycles. The summed E-state index contributed by atoms with van der Waals surface area (Å²) in [6.07, 6.45) is 7.00. The Morgan fingerprint density at radius 2 is 1.96 bits per heavy atom. The normalized spacial score (nSPS) is 23.7. The highest BCUT2D eigenvalue weighted by atomic mass is 19.1. The van der Waals surface area contributed by atoms with Crippen molar-refractivity contribution in [3.8, 4) is 0 Å². The van der Waals surface area contributed by atoms with E-state index < -0.39 is 0 Å². The molecule has 0 unspecified atom stereocenters. The average Bonchev–Trinajstić information content (AvgIpc) is 3.27. The molecule has 0 spiro atoms. The Labute approximate surface area is 156 Å². The first-order valence-corrected chi connectivity index (χ1v) is 9.82. The van der Waals surface area contributed by atoms with E-state index in [1.807, 2.05) is 0 Å². The molecule has 0 radical (unpaired) electrons. The molecular weight excluding hydrogens is 345 g/mol. The molecule has 1 aliphatic heterocycles. The predicted molar refractivity (Wildman–Crippen MR) is 99.3 cm³/mol. The fraction of sp³-hybridized carbons (Fsp3) is 0.476. The topological polar surface area (TPSA) is 66.1 Å². The van der Waals surface area contributed by atoms with Gasteiger partial charge in [0, 0.05) is 23.9 Å². The van der Waals surface area contributed by atoms with E-state index in [4.69, 9.17) is 0 Å². The van der Waals surface area contributed by atoms with Gasteiger partial charge in [-0.2, -0.15) is 5.10 Å². The van der Waals surface area contributed by atoms with Crippen LogP contribution in [0.4, 0.5) is 10.1 Å². The molecule has 2 aliphatic carbocycles. The molecule has 2 atom stereocenters. The summed E-state index contributed by atoms with van der Waals surface area (Å²) in [6.45, 7) is 0. The minimum absolute atomic E-state index is 0.0573. The van der Waals surface area contributed by atoms with Crippen LogP contribution >= 0.6 is 0 Å². The third-order valence-electron chi connectivity index (χ3n) is 6.38. The highest BCUT2D eigenvalue weighted by Gasteiger charge is 2.46. The first-order valence-electron chi connectivity index (χ1n) is 9.82. The molecule has 1 aromatic heterocycles. The molecule has 2 heterocycles. The summed E-state index contributed by atoms with van der Waals surface area (Å²) >= 11 is 0. The van der Waals surface area contributed by atoms with Crippen LogP contribution in [0.3, 0.4) is 0 Å². The van der Waals surface area contributed by atoms with Crippen molar-refractivity contribution in [3.05, 3.63) is 56.8 Å². The minimum atomic E-state index is -0.351. The Bertz CT molecular complexity index is 984. The Kier molecular flexibility index (Phi) is 3.88. The molecule has 1 saturated heterocycles. The van der Waals surface area contributed by atoms with E-state index in [1.54, 1.807) is 17.0 Å². The number of fused-ring (bicyclic) bond motifs is 3. The fourth-order valence-electron chi connectivity index (χ4n) is 5.03. The van der Waals surface area contributed by atoms with Crippen molar-refractivity contribution >= 4 is 11.6 Å². The SMILES string of the molecule is O=C1[C@H]2CC[C@@H](C2)N1c1cc(Cc2n[nH]c(=O)c3c2CCCC3)ccc1F. The van der Waals surface area contributed by atoms with E-state index in [1.165, 1.54) is 6.07 Å². The van der Waals surface area contributed by atoms with Crippen LogP contribution in [0.1, 0.15) is 54.5 Å². The lowest BCUT2D eigenvalue weighted by Crippen LogP contribution is -2.37. The average molecular weight is 367 g/mol. The second-order valence-electron chi connectivity index (χ2n) is 8.00. The quantitative estimate of drug-likeness (QED) is 0.907. The van der Waals surface area contributed by atoms with Gasteiger partial charge in [0.15, 0.2) is 0 Å². The Balaban J connectivity index is 1.49. The van der Waals surface area contributed by atoms with Gasteiger partial charge in [0.05, 0.1) is 11.4 Å². The maximum Gasteiger partial charge on any atom is 0.267 e. The molecule has 3 aliphatic rings. The maximum atomic E-state index is 14.5. The summed E-state index contributed by atoms with van der Waals surface area (Å²) in [4.78, 5) is 26.2. The first kappa shape index (κ1) is 16.7. The number of nitrogens with one attached hydrogen (secondary N) is 1. The van der Waals surface area contributed by atoms with Gasteiger partial charge in [-0.05, 0) is 68.2 Å². The molecule has 1 N–H and O–H groups in total. The summed E-state index contributed by atoms with van der Waals surface area (Å²) in [6, 6.07) is 5.11. The standard InChI is InChI=1S/C21H22FN3O2/c22-17-8-5-12(10-19(17)25-14-7-6-13(11-14)21(25)27)9-18-15-3-1-2-4-16(15)20(26)24-23-18/h5,8,10,13-14H,1-4,6-7,9,11H2,(H,24,26)/t13-,14-/m0/s1. The molecule has 140 valence electrons. The number of H-pyrrole nitrogens is 1. The Morgan fingerprint density at radius 3 is 2.74 bits per heavy atom. The van der Waals surface area contributed by atoms with Gasteiger partial charge in [0.2, 0.25) is 5.91 Å². The van der Waals surface area contributed by atoms with Gasteiger partial charge in [-0.15, -0.1) is 0 Å². The largest absolute Gasteiger partial charge is 0.306 e. The fourth-order valence-corrected chi connectivity index (χ4v) is 5.03. The lowest BCUT2D eigenvalue weighted by molar-refractivity contribution is -0.121. The number of aromatic amines is 1. The maximum absolute atomic E-state index is 14.5. The summed E-state index contributed by atoms with van der Waals surface area (Å²) in [5.41, 5.74) is 3.97. The molecule has 1 aromatic carbocycles. The van der Waals surface area contributed by atoms with E-state index in [-0.39, 0.29) is 29.2 Å². The first-order chi connectivity index (χ1) is 13.1. The molecule has 2 fully saturated rings. The van der Waals surface area contributed by atoms with Crippen molar-refractivity contribution in [2.75, 3.05) is 4.90 Å². The van der Waals surface area contributed by atoms with E-state index in [0.717, 1.165) is 67.3 Å². The van der Waals surface area contributed by atoms with Gasteiger partial charge in [0.25, 0.3) is 5.56 Å². The molecule has 5 nitrogen and oxygen atoms in total. The minimum Gasteiger partial charge on any atom is -0.306 e. The van der Waals surface area contributed by atoms with Gasteiger partial charge in [-0.1, -0.05) is 6.07 Å². The third-order valence-corrected chi connectivity index (χ3v) is 6.38. The van der Waals surface area contributed by atoms with Gasteiger partial charge in [-0.3, -0.25) is 9.59 Å². The number of hydrogen-bond acceptors (Lipinski definition) is 3. The lowest BCUT2D eigenvalue weighted by Gasteiger charge is -2.28. The van der Waals surface area contributed by atoms with E-state index >= 15 is 0 Å². The molecule has 27 heavy (non-hydrogen) atoms. The highest BCUT2D eigenvalue weighted by molar-refractivity contribution is 5.99. The monoisotopic (exact) mass is 367 g/mol. The van der Waals surface area contributed by atoms with Crippen molar-refractivity contribution < 1.29 is 9.18 Å². The van der Waals surface area contributed by atoms with E-state index in [2.05, 4.69) is 10.2 Å². The predicted octanol–water partition coefficient (Wildman–Crippen LogP) is 2.89. The van der Waals surface area contributed by atoms with E-state index in [0.29, 0.717) is 12.1 Å². The molecule has 1 amide bonds. The molecule has 2 bridgehead atoms. The second-order valence-corrected chi connectivity index (χ2v) is 8.00. The van der Waals surface area contributed by atoms with Gasteiger partial charge < -0.3 is 4.90 Å². The molecule has 5 rings (SSSR count). The number of carbonyl (C=O) groups excluding carboxylic acids is 1. The van der Waals surface area contributed by atoms with Crippen molar-refractivity contribution in [1.82, 2.24) is 10.2 Å². The highest BCUT2D eigenvalue weighted by Crippen LogP contribution is 2.42. The number of halogens is 1. The van der Waals surface area contributed by atoms with Crippen molar-refractivity contribution in [3.63, 3.8) is 0 Å². The molecular formula is C21H22FN3O2. The summed E-state index contributed by atoms with van der Waals surface area (Å²) in [5, 5.41) is 6.89. The van der Waals surface area contributed by atoms with Crippen LogP contribution in [0.5, 0.6) is 0 Å². The number of piperidine rings is 1. The number of amides is 1. The summed E-state index contributed by atoms with van der Waals surface area (Å²) < 4.78 is 14.5. The van der Waals surface area contributed by atoms with Crippen LogP contribution in [0, 0.1) is 11.7 Å². The number of anilines is 1. The number of rotatable bonds is 3. The third kappa shape index (κ3) is 2.69. The number of hydrogen-bond donors (Lipinski definition) is 1. The zero-order chi connectivity index (χ0) is 18.5. The zero-order valence-corrected chi connectivity index (χ0v) is 15.1. The van der Waals surface area contributed by atoms with Crippen LogP contribution in [0.25, 0.3) is 0 Å². The second kappa shape index (κ2) is 6.29. The summed E-state index contributed by atoms with van der Waals surface area (Å²) in [5.74, 6) is -0.233.